The molecule has 0 aliphatic carbocycles. The molecule has 2 saturated heterocycles. The lowest BCUT2D eigenvalue weighted by Gasteiger charge is -2.42. The summed E-state index contributed by atoms with van der Waals surface area (Å²) < 4.78 is 1.87. The average molecular weight is 302 g/mol. The molecule has 2 aromatic rings. The number of piperidine rings is 1. The monoisotopic (exact) mass is 302 g/mol. The molecule has 0 spiro atoms. The van der Waals surface area contributed by atoms with E-state index in [2.05, 4.69) is 33.6 Å². The van der Waals surface area contributed by atoms with E-state index in [9.17, 15) is 0 Å². The van der Waals surface area contributed by atoms with Crippen LogP contribution in [0.15, 0.2) is 24.5 Å². The summed E-state index contributed by atoms with van der Waals surface area (Å²) in [5.41, 5.74) is 1.23. The number of aromatic nitrogens is 2. The number of aryl methyl sites for hydroxylation is 1. The highest BCUT2D eigenvalue weighted by molar-refractivity contribution is 7.15. The molecule has 2 fully saturated rings. The van der Waals surface area contributed by atoms with E-state index < -0.39 is 0 Å². The van der Waals surface area contributed by atoms with Crippen LogP contribution in [0.4, 0.5) is 0 Å². The minimum absolute atomic E-state index is 0.718. The zero-order valence-corrected chi connectivity index (χ0v) is 13.3. The summed E-state index contributed by atoms with van der Waals surface area (Å²) in [7, 11) is 1.97. The van der Waals surface area contributed by atoms with Crippen molar-refractivity contribution in [1.82, 2.24) is 20.0 Å². The van der Waals surface area contributed by atoms with E-state index in [0.717, 1.165) is 18.6 Å². The maximum Gasteiger partial charge on any atom is 0.0576 e. The van der Waals surface area contributed by atoms with Crippen molar-refractivity contribution in [2.45, 2.75) is 37.9 Å². The highest BCUT2D eigenvalue weighted by atomic mass is 32.1. The number of piperazine rings is 1. The van der Waals surface area contributed by atoms with Gasteiger partial charge < -0.3 is 5.32 Å². The molecule has 2 aliphatic heterocycles. The van der Waals surface area contributed by atoms with Crippen LogP contribution in [0.2, 0.25) is 0 Å². The first kappa shape index (κ1) is 13.5. The van der Waals surface area contributed by atoms with Crippen molar-refractivity contribution < 1.29 is 0 Å². The molecule has 4 nitrogen and oxygen atoms in total. The molecule has 1 N–H and O–H groups in total. The molecule has 0 radical (unpaired) electrons. The highest BCUT2D eigenvalue weighted by Gasteiger charge is 2.29. The Hall–Kier alpha value is -1.17. The van der Waals surface area contributed by atoms with Crippen LogP contribution in [0.3, 0.4) is 0 Å². The van der Waals surface area contributed by atoms with E-state index in [0.29, 0.717) is 0 Å². The van der Waals surface area contributed by atoms with Crippen LogP contribution in [-0.2, 0) is 13.6 Å². The van der Waals surface area contributed by atoms with Crippen LogP contribution in [0, 0.1) is 0 Å². The van der Waals surface area contributed by atoms with E-state index in [1.165, 1.54) is 47.7 Å². The zero-order chi connectivity index (χ0) is 14.2. The van der Waals surface area contributed by atoms with Crippen LogP contribution >= 0.6 is 11.3 Å². The molecular weight excluding hydrogens is 280 g/mol. The minimum Gasteiger partial charge on any atom is -0.309 e. The third-order valence-corrected chi connectivity index (χ3v) is 5.68. The third kappa shape index (κ3) is 2.91. The van der Waals surface area contributed by atoms with Gasteiger partial charge in [0.05, 0.1) is 6.20 Å². The van der Waals surface area contributed by atoms with Gasteiger partial charge in [-0.05, 0) is 25.0 Å². The quantitative estimate of drug-likeness (QED) is 0.945. The topological polar surface area (TPSA) is 33.1 Å². The van der Waals surface area contributed by atoms with Crippen LogP contribution in [0.25, 0.3) is 10.4 Å². The number of fused-ring (bicyclic) bond motifs is 2. The smallest absolute Gasteiger partial charge is 0.0576 e. The molecule has 2 unspecified atom stereocenters. The number of likely N-dealkylation sites (tertiary alicyclic amines) is 1. The second-order valence-corrected chi connectivity index (χ2v) is 7.52. The fraction of sp³-hybridized carbons (Fsp3) is 0.562. The summed E-state index contributed by atoms with van der Waals surface area (Å²) >= 11 is 1.91. The molecule has 21 heavy (non-hydrogen) atoms. The highest BCUT2D eigenvalue weighted by Crippen LogP contribution is 2.29. The summed E-state index contributed by atoms with van der Waals surface area (Å²) in [6.07, 6.45) is 8.13. The van der Waals surface area contributed by atoms with Gasteiger partial charge in [-0.1, -0.05) is 6.42 Å². The van der Waals surface area contributed by atoms with Gasteiger partial charge in [0.2, 0.25) is 0 Å². The van der Waals surface area contributed by atoms with Crippen LogP contribution < -0.4 is 5.32 Å². The summed E-state index contributed by atoms with van der Waals surface area (Å²) in [6, 6.07) is 5.95. The maximum absolute atomic E-state index is 4.26. The number of hydrogen-bond acceptors (Lipinski definition) is 4. The first-order valence-corrected chi connectivity index (χ1v) is 8.64. The predicted molar refractivity (Wildman–Crippen MR) is 86.4 cm³/mol. The minimum atomic E-state index is 0.718. The van der Waals surface area contributed by atoms with Gasteiger partial charge in [-0.3, -0.25) is 9.58 Å². The Balaban J connectivity index is 1.44. The number of rotatable bonds is 3. The molecule has 112 valence electrons. The van der Waals surface area contributed by atoms with Crippen molar-refractivity contribution in [2.24, 2.45) is 7.05 Å². The summed E-state index contributed by atoms with van der Waals surface area (Å²) in [5, 5.41) is 8.01. The SMILES string of the molecule is Cn1cc(-c2ccc(CN3CC4CCCC(C3)N4)s2)cn1. The van der Waals surface area contributed by atoms with E-state index in [4.69, 9.17) is 0 Å². The van der Waals surface area contributed by atoms with Crippen molar-refractivity contribution in [2.75, 3.05) is 13.1 Å². The van der Waals surface area contributed by atoms with E-state index in [1.54, 1.807) is 0 Å². The Bertz CT molecular complexity index is 605. The number of thiophene rings is 1. The molecule has 4 heterocycles. The normalized spacial score (nSPS) is 26.1. The second-order valence-electron chi connectivity index (χ2n) is 6.35. The Morgan fingerprint density at radius 1 is 1.29 bits per heavy atom. The fourth-order valence-corrected chi connectivity index (χ4v) is 4.64. The Kier molecular flexibility index (Phi) is 3.57. The largest absolute Gasteiger partial charge is 0.309 e. The molecule has 2 aliphatic rings. The lowest BCUT2D eigenvalue weighted by atomic mass is 9.94. The van der Waals surface area contributed by atoms with E-state index >= 15 is 0 Å². The van der Waals surface area contributed by atoms with Gasteiger partial charge in [-0.2, -0.15) is 5.10 Å². The van der Waals surface area contributed by atoms with Gasteiger partial charge in [0.1, 0.15) is 0 Å². The molecule has 2 bridgehead atoms. The van der Waals surface area contributed by atoms with Crippen molar-refractivity contribution in [1.29, 1.82) is 0 Å². The Labute approximate surface area is 129 Å². The van der Waals surface area contributed by atoms with Crippen LogP contribution in [0.5, 0.6) is 0 Å². The molecule has 0 aromatic carbocycles. The third-order valence-electron chi connectivity index (χ3n) is 4.56. The van der Waals surface area contributed by atoms with Gasteiger partial charge in [-0.25, -0.2) is 0 Å². The Morgan fingerprint density at radius 2 is 2.10 bits per heavy atom. The van der Waals surface area contributed by atoms with E-state index in [-0.39, 0.29) is 0 Å². The second kappa shape index (κ2) is 5.55. The van der Waals surface area contributed by atoms with Gasteiger partial charge in [0.25, 0.3) is 0 Å². The van der Waals surface area contributed by atoms with Gasteiger partial charge >= 0.3 is 0 Å². The van der Waals surface area contributed by atoms with Crippen molar-refractivity contribution in [3.05, 3.63) is 29.4 Å². The summed E-state index contributed by atoms with van der Waals surface area (Å²) in [6.45, 7) is 3.51. The number of nitrogens with zero attached hydrogens (tertiary/aromatic N) is 3. The lowest BCUT2D eigenvalue weighted by molar-refractivity contribution is 0.120. The summed E-state index contributed by atoms with van der Waals surface area (Å²) in [5.74, 6) is 0. The zero-order valence-electron chi connectivity index (χ0n) is 12.5. The number of hydrogen-bond donors (Lipinski definition) is 1. The molecular formula is C16H22N4S. The van der Waals surface area contributed by atoms with Crippen LogP contribution in [-0.4, -0.2) is 39.9 Å². The van der Waals surface area contributed by atoms with Crippen molar-refractivity contribution in [3.63, 3.8) is 0 Å². The van der Waals surface area contributed by atoms with Gasteiger partial charge in [0.15, 0.2) is 0 Å². The van der Waals surface area contributed by atoms with Crippen LogP contribution in [0.1, 0.15) is 24.1 Å². The maximum atomic E-state index is 4.26. The van der Waals surface area contributed by atoms with Gasteiger partial charge in [0, 0.05) is 60.3 Å². The van der Waals surface area contributed by atoms with E-state index in [1.807, 2.05) is 29.3 Å². The first-order valence-electron chi connectivity index (χ1n) is 7.82. The fourth-order valence-electron chi connectivity index (χ4n) is 3.61. The standard InChI is InChI=1S/C16H22N4S/c1-19-8-12(7-17-19)16-6-5-15(21-16)11-20-9-13-3-2-4-14(10-20)18-13/h5-8,13-14,18H,2-4,9-11H2,1H3. The lowest BCUT2D eigenvalue weighted by Crippen LogP contribution is -2.58. The Morgan fingerprint density at radius 3 is 2.81 bits per heavy atom. The molecule has 5 heteroatoms. The average Bonchev–Trinajstić information content (AvgIpc) is 3.07. The molecule has 0 saturated carbocycles. The summed E-state index contributed by atoms with van der Waals surface area (Å²) in [4.78, 5) is 5.42. The van der Waals surface area contributed by atoms with Gasteiger partial charge in [-0.15, -0.1) is 11.3 Å². The molecule has 2 atom stereocenters. The molecule has 0 amide bonds. The predicted octanol–water partition coefficient (Wildman–Crippen LogP) is 2.47. The molecule has 4 rings (SSSR count). The number of nitrogens with one attached hydrogen (secondary N) is 1. The van der Waals surface area contributed by atoms with Crippen molar-refractivity contribution >= 4 is 11.3 Å². The van der Waals surface area contributed by atoms with Crippen molar-refractivity contribution in [3.8, 4) is 10.4 Å². The molecule has 2 aromatic heterocycles. The first-order chi connectivity index (χ1) is 10.3.